The minimum absolute atomic E-state index is 0.166. The number of hydrogen-bond donors (Lipinski definition) is 1. The van der Waals surface area contributed by atoms with Crippen LogP contribution < -0.4 is 5.32 Å². The molecule has 1 saturated heterocycles. The molecule has 1 aromatic carbocycles. The third kappa shape index (κ3) is 3.44. The van der Waals surface area contributed by atoms with E-state index < -0.39 is 11.6 Å². The summed E-state index contributed by atoms with van der Waals surface area (Å²) in [5, 5.41) is 10.2. The Kier molecular flexibility index (Phi) is 4.45. The molecule has 23 heavy (non-hydrogen) atoms. The number of carbonyl (C=O) groups is 1. The molecule has 0 radical (unpaired) electrons. The lowest BCUT2D eigenvalue weighted by molar-refractivity contribution is 0.0717. The normalized spacial score (nSPS) is 14.6. The van der Waals surface area contributed by atoms with E-state index in [4.69, 9.17) is 0 Å². The zero-order valence-corrected chi connectivity index (χ0v) is 12.4. The number of rotatable bonds is 3. The van der Waals surface area contributed by atoms with Crippen LogP contribution in [0, 0.1) is 11.6 Å². The molecular formula is C16H16F2N4O. The monoisotopic (exact) mass is 318 g/mol. The molecular weight excluding hydrogens is 302 g/mol. The maximum absolute atomic E-state index is 13.6. The Balaban J connectivity index is 1.73. The molecule has 1 amide bonds. The maximum atomic E-state index is 13.6. The van der Waals surface area contributed by atoms with Crippen LogP contribution >= 0.6 is 0 Å². The van der Waals surface area contributed by atoms with Crippen LogP contribution in [-0.2, 0) is 0 Å². The molecule has 0 saturated carbocycles. The Morgan fingerprint density at radius 1 is 1.00 bits per heavy atom. The molecule has 2 heterocycles. The molecule has 0 bridgehead atoms. The Labute approximate surface area is 132 Å². The van der Waals surface area contributed by atoms with Gasteiger partial charge < -0.3 is 10.2 Å². The van der Waals surface area contributed by atoms with Gasteiger partial charge in [0.2, 0.25) is 0 Å². The summed E-state index contributed by atoms with van der Waals surface area (Å²) >= 11 is 0. The van der Waals surface area contributed by atoms with Gasteiger partial charge in [0.05, 0.1) is 0 Å². The van der Waals surface area contributed by atoms with Crippen molar-refractivity contribution >= 4 is 17.4 Å². The zero-order chi connectivity index (χ0) is 16.2. The van der Waals surface area contributed by atoms with Crippen LogP contribution in [-0.4, -0.2) is 34.1 Å². The second kappa shape index (κ2) is 6.68. The Bertz CT molecular complexity index is 679. The highest BCUT2D eigenvalue weighted by molar-refractivity contribution is 5.92. The molecule has 2 aromatic rings. The van der Waals surface area contributed by atoms with Gasteiger partial charge in [-0.15, -0.1) is 10.2 Å². The lowest BCUT2D eigenvalue weighted by Crippen LogP contribution is -2.36. The first kappa shape index (κ1) is 15.3. The van der Waals surface area contributed by atoms with Crippen LogP contribution in [0.5, 0.6) is 0 Å². The second-order valence-electron chi connectivity index (χ2n) is 5.38. The van der Waals surface area contributed by atoms with Gasteiger partial charge >= 0.3 is 0 Å². The van der Waals surface area contributed by atoms with E-state index in [2.05, 4.69) is 15.5 Å². The van der Waals surface area contributed by atoms with E-state index in [0.29, 0.717) is 0 Å². The summed E-state index contributed by atoms with van der Waals surface area (Å²) in [5.74, 6) is -1.44. The molecule has 0 aliphatic carbocycles. The summed E-state index contributed by atoms with van der Waals surface area (Å²) in [7, 11) is 0. The summed E-state index contributed by atoms with van der Waals surface area (Å²) in [4.78, 5) is 14.0. The first-order chi connectivity index (χ1) is 11.1. The molecule has 0 spiro atoms. The molecule has 1 aliphatic rings. The highest BCUT2D eigenvalue weighted by Crippen LogP contribution is 2.21. The fourth-order valence-electron chi connectivity index (χ4n) is 2.52. The summed E-state index contributed by atoms with van der Waals surface area (Å²) in [6, 6.07) is 6.56. The van der Waals surface area contributed by atoms with Crippen molar-refractivity contribution in [1.29, 1.82) is 0 Å². The van der Waals surface area contributed by atoms with Crippen molar-refractivity contribution in [3.63, 3.8) is 0 Å². The highest BCUT2D eigenvalue weighted by atomic mass is 19.1. The molecule has 1 aromatic heterocycles. The zero-order valence-electron chi connectivity index (χ0n) is 12.4. The van der Waals surface area contributed by atoms with Crippen LogP contribution in [0.1, 0.15) is 29.8 Å². The molecule has 120 valence electrons. The van der Waals surface area contributed by atoms with Crippen molar-refractivity contribution in [2.45, 2.75) is 19.3 Å². The number of nitrogens with one attached hydrogen (secondary N) is 1. The predicted octanol–water partition coefficient (Wildman–Crippen LogP) is 3.12. The van der Waals surface area contributed by atoms with Crippen LogP contribution in [0.4, 0.5) is 20.3 Å². The van der Waals surface area contributed by atoms with Gasteiger partial charge in [0, 0.05) is 13.1 Å². The molecule has 1 N–H and O–H groups in total. The van der Waals surface area contributed by atoms with Crippen molar-refractivity contribution in [2.75, 3.05) is 18.4 Å². The van der Waals surface area contributed by atoms with Gasteiger partial charge in [-0.3, -0.25) is 4.79 Å². The van der Waals surface area contributed by atoms with Gasteiger partial charge in [-0.25, -0.2) is 8.78 Å². The van der Waals surface area contributed by atoms with Crippen LogP contribution in [0.2, 0.25) is 0 Å². The minimum atomic E-state index is -0.722. The van der Waals surface area contributed by atoms with Crippen molar-refractivity contribution < 1.29 is 13.6 Å². The molecule has 1 aliphatic heterocycles. The fourth-order valence-corrected chi connectivity index (χ4v) is 2.52. The lowest BCUT2D eigenvalue weighted by atomic mass is 10.1. The molecule has 3 rings (SSSR count). The number of hydrogen-bond acceptors (Lipinski definition) is 4. The number of anilines is 2. The number of piperidine rings is 1. The van der Waals surface area contributed by atoms with Gasteiger partial charge in [-0.05, 0) is 43.5 Å². The number of para-hydroxylation sites is 1. The predicted molar refractivity (Wildman–Crippen MR) is 81.4 cm³/mol. The van der Waals surface area contributed by atoms with Crippen LogP contribution in [0.25, 0.3) is 0 Å². The van der Waals surface area contributed by atoms with Crippen molar-refractivity contribution in [3.05, 3.63) is 47.7 Å². The average molecular weight is 318 g/mol. The van der Waals surface area contributed by atoms with E-state index in [-0.39, 0.29) is 23.1 Å². The van der Waals surface area contributed by atoms with E-state index >= 15 is 0 Å². The fraction of sp³-hybridized carbons (Fsp3) is 0.312. The maximum Gasteiger partial charge on any atom is 0.274 e. The van der Waals surface area contributed by atoms with E-state index in [1.807, 2.05) is 0 Å². The summed E-state index contributed by atoms with van der Waals surface area (Å²) in [6.45, 7) is 1.45. The number of amides is 1. The molecule has 0 unspecified atom stereocenters. The Morgan fingerprint density at radius 3 is 2.30 bits per heavy atom. The molecule has 5 nitrogen and oxygen atoms in total. The third-order valence-electron chi connectivity index (χ3n) is 3.74. The van der Waals surface area contributed by atoms with Gasteiger partial charge in [0.25, 0.3) is 5.91 Å². The van der Waals surface area contributed by atoms with Gasteiger partial charge in [-0.1, -0.05) is 6.07 Å². The van der Waals surface area contributed by atoms with Gasteiger partial charge in [-0.2, -0.15) is 0 Å². The van der Waals surface area contributed by atoms with E-state index in [1.165, 1.54) is 18.2 Å². The first-order valence-corrected chi connectivity index (χ1v) is 7.49. The largest absolute Gasteiger partial charge is 0.337 e. The number of nitrogens with zero attached hydrogens (tertiary/aromatic N) is 3. The molecule has 1 fully saturated rings. The number of benzene rings is 1. The summed E-state index contributed by atoms with van der Waals surface area (Å²) in [5.41, 5.74) is -0.0663. The summed E-state index contributed by atoms with van der Waals surface area (Å²) in [6.07, 6.45) is 3.11. The lowest BCUT2D eigenvalue weighted by Gasteiger charge is -2.26. The SMILES string of the molecule is O=C(c1ccc(Nc2c(F)cccc2F)nn1)N1CCCCC1. The smallest absolute Gasteiger partial charge is 0.274 e. The van der Waals surface area contributed by atoms with E-state index in [9.17, 15) is 13.6 Å². The van der Waals surface area contributed by atoms with Crippen molar-refractivity contribution in [2.24, 2.45) is 0 Å². The van der Waals surface area contributed by atoms with Crippen LogP contribution in [0.3, 0.4) is 0 Å². The number of aromatic nitrogens is 2. The van der Waals surface area contributed by atoms with Crippen molar-refractivity contribution in [1.82, 2.24) is 15.1 Å². The molecule has 0 atom stereocenters. The Morgan fingerprint density at radius 2 is 1.70 bits per heavy atom. The van der Waals surface area contributed by atoms with Gasteiger partial charge in [0.15, 0.2) is 11.5 Å². The number of carbonyl (C=O) groups excluding carboxylic acids is 1. The standard InChI is InChI=1S/C16H16F2N4O/c17-11-5-4-6-12(18)15(11)19-14-8-7-13(20-21-14)16(23)22-9-2-1-3-10-22/h4-8H,1-3,9-10H2,(H,19,21). The van der Waals surface area contributed by atoms with E-state index in [1.54, 1.807) is 4.90 Å². The van der Waals surface area contributed by atoms with E-state index in [0.717, 1.165) is 44.5 Å². The van der Waals surface area contributed by atoms with Crippen molar-refractivity contribution in [3.8, 4) is 0 Å². The number of halogens is 2. The van der Waals surface area contributed by atoms with Crippen LogP contribution in [0.15, 0.2) is 30.3 Å². The van der Waals surface area contributed by atoms with Gasteiger partial charge in [0.1, 0.15) is 17.3 Å². The highest BCUT2D eigenvalue weighted by Gasteiger charge is 2.19. The third-order valence-corrected chi connectivity index (χ3v) is 3.74. The minimum Gasteiger partial charge on any atom is -0.337 e. The summed E-state index contributed by atoms with van der Waals surface area (Å²) < 4.78 is 27.1. The average Bonchev–Trinajstić information content (AvgIpc) is 2.59. The first-order valence-electron chi connectivity index (χ1n) is 7.49. The quantitative estimate of drug-likeness (QED) is 0.944. The topological polar surface area (TPSA) is 58.1 Å². The number of likely N-dealkylation sites (tertiary alicyclic amines) is 1. The Hall–Kier alpha value is -2.57. The molecule has 7 heteroatoms. The second-order valence-corrected chi connectivity index (χ2v) is 5.38.